The molecule has 0 spiro atoms. The first kappa shape index (κ1) is 15.6. The molecule has 2 heterocycles. The minimum absolute atomic E-state index is 0.0761. The number of nitriles is 3. The molecule has 1 aromatic carbocycles. The molecule has 1 N–H and O–H groups in total. The number of rotatable bonds is 3. The molecule has 116 valence electrons. The molecule has 7 nitrogen and oxygen atoms in total. The van der Waals surface area contributed by atoms with E-state index in [4.69, 9.17) is 15.8 Å². The van der Waals surface area contributed by atoms with Gasteiger partial charge in [0, 0.05) is 23.0 Å². The number of anilines is 1. The summed E-state index contributed by atoms with van der Waals surface area (Å²) in [5.74, 6) is 0.758. The first-order valence-electron chi connectivity index (χ1n) is 7.08. The van der Waals surface area contributed by atoms with Crippen LogP contribution in [-0.2, 0) is 6.54 Å². The second-order valence-corrected chi connectivity index (χ2v) is 6.54. The molecule has 1 aromatic heterocycles. The summed E-state index contributed by atoms with van der Waals surface area (Å²) in [4.78, 5) is 0. The molecule has 1 aliphatic rings. The van der Waals surface area contributed by atoms with Crippen molar-refractivity contribution in [2.24, 2.45) is 0 Å². The summed E-state index contributed by atoms with van der Waals surface area (Å²) in [5.41, 5.74) is 1.12. The molecule has 0 saturated heterocycles. The van der Waals surface area contributed by atoms with E-state index in [0.717, 1.165) is 23.1 Å². The van der Waals surface area contributed by atoms with Crippen LogP contribution in [-0.4, -0.2) is 20.0 Å². The zero-order valence-corrected chi connectivity index (χ0v) is 13.5. The van der Waals surface area contributed by atoms with Crippen molar-refractivity contribution in [3.63, 3.8) is 0 Å². The van der Waals surface area contributed by atoms with Crippen LogP contribution < -0.4 is 5.32 Å². The summed E-state index contributed by atoms with van der Waals surface area (Å²) in [6, 6.07) is 12.5. The van der Waals surface area contributed by atoms with E-state index in [-0.39, 0.29) is 11.3 Å². The van der Waals surface area contributed by atoms with Crippen LogP contribution >= 0.6 is 11.8 Å². The van der Waals surface area contributed by atoms with Gasteiger partial charge < -0.3 is 9.88 Å². The Morgan fingerprint density at radius 2 is 2.04 bits per heavy atom. The largest absolute Gasteiger partial charge is 0.345 e. The highest BCUT2D eigenvalue weighted by Crippen LogP contribution is 2.34. The number of thioether (sulfide) groups is 1. The lowest BCUT2D eigenvalue weighted by atomic mass is 10.1. The van der Waals surface area contributed by atoms with Crippen LogP contribution in [0.15, 0.2) is 40.7 Å². The van der Waals surface area contributed by atoms with Gasteiger partial charge in [0.15, 0.2) is 16.6 Å². The monoisotopic (exact) mass is 333 g/mol. The van der Waals surface area contributed by atoms with E-state index in [1.807, 2.05) is 24.3 Å². The van der Waals surface area contributed by atoms with Crippen LogP contribution in [0.2, 0.25) is 0 Å². The Morgan fingerprint density at radius 1 is 1.25 bits per heavy atom. The van der Waals surface area contributed by atoms with Crippen LogP contribution in [0.4, 0.5) is 5.69 Å². The zero-order valence-electron chi connectivity index (χ0n) is 12.7. The minimum atomic E-state index is -0.253. The van der Waals surface area contributed by atoms with Gasteiger partial charge in [-0.3, -0.25) is 0 Å². The summed E-state index contributed by atoms with van der Waals surface area (Å²) in [6.45, 7) is 2.98. The highest BCUT2D eigenvalue weighted by atomic mass is 32.2. The normalized spacial score (nSPS) is 14.8. The van der Waals surface area contributed by atoms with E-state index in [2.05, 4.69) is 27.0 Å². The predicted octanol–water partition coefficient (Wildman–Crippen LogP) is 2.68. The maximum atomic E-state index is 9.13. The molecule has 8 heteroatoms. The fraction of sp³-hybridized carbons (Fsp3) is 0.188. The summed E-state index contributed by atoms with van der Waals surface area (Å²) < 4.78 is 2.06. The lowest BCUT2D eigenvalue weighted by molar-refractivity contribution is 0.675. The van der Waals surface area contributed by atoms with Gasteiger partial charge in [-0.05, 0) is 12.1 Å². The smallest absolute Gasteiger partial charge is 0.191 e. The fourth-order valence-corrected chi connectivity index (χ4v) is 3.35. The van der Waals surface area contributed by atoms with Gasteiger partial charge in [0.25, 0.3) is 0 Å². The zero-order chi connectivity index (χ0) is 17.1. The molecule has 0 saturated carbocycles. The number of hydrogen-bond donors (Lipinski definition) is 1. The Bertz CT molecular complexity index is 936. The highest BCUT2D eigenvalue weighted by Gasteiger charge is 2.24. The lowest BCUT2D eigenvalue weighted by Gasteiger charge is -2.08. The van der Waals surface area contributed by atoms with Crippen LogP contribution in [0.25, 0.3) is 11.4 Å². The Hall–Kier alpha value is -3.28. The lowest BCUT2D eigenvalue weighted by Crippen LogP contribution is -2.04. The first-order chi connectivity index (χ1) is 11.7. The Balaban J connectivity index is 1.95. The van der Waals surface area contributed by atoms with Crippen molar-refractivity contribution in [3.8, 4) is 29.6 Å². The third-order valence-electron chi connectivity index (χ3n) is 3.44. The van der Waals surface area contributed by atoms with E-state index in [9.17, 15) is 0 Å². The number of fused-ring (bicyclic) bond motifs is 1. The number of aromatic nitrogens is 3. The van der Waals surface area contributed by atoms with Gasteiger partial charge in [-0.25, -0.2) is 0 Å². The Labute approximate surface area is 142 Å². The molecule has 0 radical (unpaired) electrons. The second kappa shape index (κ2) is 6.45. The standard InChI is InChI=1S/C16H11N7S/c1-10-9-23-15(21-22-16(23)24-10)11-3-2-4-13(5-11)20-14(8-19)12(6-17)7-18/h2-5,10,20H,9H2,1H3. The minimum Gasteiger partial charge on any atom is -0.345 e. The van der Waals surface area contributed by atoms with E-state index in [0.29, 0.717) is 10.9 Å². The summed E-state index contributed by atoms with van der Waals surface area (Å²) in [6.07, 6.45) is 0. The molecule has 3 rings (SSSR count). The van der Waals surface area contributed by atoms with Crippen molar-refractivity contribution >= 4 is 17.4 Å². The summed E-state index contributed by atoms with van der Waals surface area (Å²) in [7, 11) is 0. The Kier molecular flexibility index (Phi) is 4.20. The van der Waals surface area contributed by atoms with Gasteiger partial charge in [0.05, 0.1) is 0 Å². The predicted molar refractivity (Wildman–Crippen MR) is 88.3 cm³/mol. The average molecular weight is 333 g/mol. The van der Waals surface area contributed by atoms with Crippen molar-refractivity contribution in [3.05, 3.63) is 35.5 Å². The topological polar surface area (TPSA) is 114 Å². The van der Waals surface area contributed by atoms with Crippen molar-refractivity contribution in [2.45, 2.75) is 23.9 Å². The van der Waals surface area contributed by atoms with E-state index < -0.39 is 0 Å². The molecule has 2 aromatic rings. The van der Waals surface area contributed by atoms with Gasteiger partial charge in [0.1, 0.15) is 23.9 Å². The quantitative estimate of drug-likeness (QED) is 0.859. The number of nitrogens with zero attached hydrogens (tertiary/aromatic N) is 6. The Morgan fingerprint density at radius 3 is 2.75 bits per heavy atom. The van der Waals surface area contributed by atoms with E-state index >= 15 is 0 Å². The fourth-order valence-electron chi connectivity index (χ4n) is 2.39. The van der Waals surface area contributed by atoms with Crippen molar-refractivity contribution in [1.82, 2.24) is 14.8 Å². The molecular weight excluding hydrogens is 322 g/mol. The third kappa shape index (κ3) is 2.81. The average Bonchev–Trinajstić information content (AvgIpc) is 3.14. The highest BCUT2D eigenvalue weighted by molar-refractivity contribution is 7.99. The molecule has 1 aliphatic heterocycles. The molecule has 0 amide bonds. The molecule has 1 unspecified atom stereocenters. The van der Waals surface area contributed by atoms with Crippen LogP contribution in [0.1, 0.15) is 6.92 Å². The van der Waals surface area contributed by atoms with Gasteiger partial charge in [-0.1, -0.05) is 30.8 Å². The van der Waals surface area contributed by atoms with Crippen LogP contribution in [0, 0.1) is 34.0 Å². The van der Waals surface area contributed by atoms with E-state index in [1.165, 1.54) is 0 Å². The number of nitrogens with one attached hydrogen (secondary N) is 1. The van der Waals surface area contributed by atoms with Gasteiger partial charge >= 0.3 is 0 Å². The maximum Gasteiger partial charge on any atom is 0.191 e. The van der Waals surface area contributed by atoms with Gasteiger partial charge in [-0.2, -0.15) is 15.8 Å². The van der Waals surface area contributed by atoms with Crippen molar-refractivity contribution < 1.29 is 0 Å². The van der Waals surface area contributed by atoms with Crippen molar-refractivity contribution in [2.75, 3.05) is 5.32 Å². The first-order valence-corrected chi connectivity index (χ1v) is 7.96. The third-order valence-corrected chi connectivity index (χ3v) is 4.50. The second-order valence-electron chi connectivity index (χ2n) is 5.14. The number of benzene rings is 1. The number of hydrogen-bond acceptors (Lipinski definition) is 7. The van der Waals surface area contributed by atoms with Crippen LogP contribution in [0.3, 0.4) is 0 Å². The maximum absolute atomic E-state index is 9.13. The molecule has 0 fully saturated rings. The molecule has 24 heavy (non-hydrogen) atoms. The molecular formula is C16H11N7S. The summed E-state index contributed by atoms with van der Waals surface area (Å²) >= 11 is 1.69. The molecule has 1 atom stereocenters. The molecule has 0 aliphatic carbocycles. The summed E-state index contributed by atoms with van der Waals surface area (Å²) in [5, 5.41) is 39.5. The van der Waals surface area contributed by atoms with Gasteiger partial charge in [-0.15, -0.1) is 10.2 Å². The SMILES string of the molecule is CC1Cn2c(nnc2-c2cccc(NC(C#N)=C(C#N)C#N)c2)S1. The van der Waals surface area contributed by atoms with Crippen molar-refractivity contribution in [1.29, 1.82) is 15.8 Å². The van der Waals surface area contributed by atoms with E-state index in [1.54, 1.807) is 30.0 Å². The molecule has 0 bridgehead atoms. The number of allylic oxidation sites excluding steroid dienone is 2. The van der Waals surface area contributed by atoms with Crippen LogP contribution in [0.5, 0.6) is 0 Å². The van der Waals surface area contributed by atoms with Gasteiger partial charge in [0.2, 0.25) is 0 Å².